The van der Waals surface area contributed by atoms with Gasteiger partial charge in [0.1, 0.15) is 11.9 Å². The van der Waals surface area contributed by atoms with Gasteiger partial charge >= 0.3 is 6.18 Å². The molecule has 1 fully saturated rings. The summed E-state index contributed by atoms with van der Waals surface area (Å²) in [7, 11) is 0. The summed E-state index contributed by atoms with van der Waals surface area (Å²) >= 11 is 0. The molecule has 1 aromatic heterocycles. The van der Waals surface area contributed by atoms with Gasteiger partial charge in [0, 0.05) is 17.7 Å². The molecular formula is C16H10F5NO3. The number of hydrogen-bond donors (Lipinski definition) is 0. The number of benzene rings is 1. The Balaban J connectivity index is 1.93. The van der Waals surface area contributed by atoms with Crippen molar-refractivity contribution in [1.29, 1.82) is 0 Å². The lowest BCUT2D eigenvalue weighted by molar-refractivity contribution is -0.617. The van der Waals surface area contributed by atoms with E-state index in [0.29, 0.717) is 4.73 Å². The van der Waals surface area contributed by atoms with Gasteiger partial charge in [-0.1, -0.05) is 0 Å². The number of epoxide rings is 1. The molecule has 0 N–H and O–H groups in total. The molecule has 1 saturated heterocycles. The van der Waals surface area contributed by atoms with E-state index in [1.807, 2.05) is 0 Å². The number of hydrogen-bond acceptors (Lipinski definition) is 3. The van der Waals surface area contributed by atoms with E-state index < -0.39 is 36.0 Å². The van der Waals surface area contributed by atoms with Crippen LogP contribution in [0.3, 0.4) is 0 Å². The second kappa shape index (κ2) is 5.04. The Morgan fingerprint density at radius 1 is 1.16 bits per heavy atom. The van der Waals surface area contributed by atoms with Crippen LogP contribution in [0.5, 0.6) is 5.75 Å². The van der Waals surface area contributed by atoms with Gasteiger partial charge in [0.2, 0.25) is 11.3 Å². The fourth-order valence-corrected chi connectivity index (χ4v) is 3.23. The number of halogens is 5. The van der Waals surface area contributed by atoms with E-state index in [2.05, 4.69) is 0 Å². The molecular weight excluding hydrogens is 349 g/mol. The quantitative estimate of drug-likeness (QED) is 0.359. The van der Waals surface area contributed by atoms with Crippen molar-refractivity contribution in [3.63, 3.8) is 0 Å². The number of pyridine rings is 1. The molecule has 4 rings (SSSR count). The minimum Gasteiger partial charge on any atom is -0.618 e. The summed E-state index contributed by atoms with van der Waals surface area (Å²) in [5.74, 6) is -0.157. The van der Waals surface area contributed by atoms with Crippen LogP contribution in [-0.4, -0.2) is 18.6 Å². The van der Waals surface area contributed by atoms with Crippen LogP contribution in [0.2, 0.25) is 0 Å². The number of nitrogens with zero attached hydrogens (tertiary/aromatic N) is 1. The first-order valence-electron chi connectivity index (χ1n) is 7.28. The first-order chi connectivity index (χ1) is 11.7. The third kappa shape index (κ3) is 2.25. The zero-order chi connectivity index (χ0) is 18.0. The van der Waals surface area contributed by atoms with Crippen molar-refractivity contribution in [3.05, 3.63) is 64.6 Å². The summed E-state index contributed by atoms with van der Waals surface area (Å²) < 4.78 is 76.6. The first-order valence-corrected chi connectivity index (χ1v) is 7.28. The average Bonchev–Trinajstić information content (AvgIpc) is 3.29. The predicted octanol–water partition coefficient (Wildman–Crippen LogP) is 3.01. The zero-order valence-corrected chi connectivity index (χ0v) is 12.3. The third-order valence-corrected chi connectivity index (χ3v) is 4.38. The standard InChI is InChI=1S/C16H10F5NO3/c17-14(18)12-13-15(25-13,11-3-1-2-6-22(11)23)9-7-8(16(19,20)21)4-5-10(9)24-12/h1-7,12-14H. The van der Waals surface area contributed by atoms with Crippen molar-refractivity contribution in [1.82, 2.24) is 0 Å². The SMILES string of the molecule is [O-][n+]1ccccc1C12OC1C(C(F)F)Oc1ccc(C(F)(F)F)cc12. The summed E-state index contributed by atoms with van der Waals surface area (Å²) in [6.45, 7) is 0. The summed E-state index contributed by atoms with van der Waals surface area (Å²) in [5, 5.41) is 12.1. The highest BCUT2D eigenvalue weighted by molar-refractivity contribution is 5.52. The second-order valence-corrected chi connectivity index (χ2v) is 5.81. The van der Waals surface area contributed by atoms with E-state index >= 15 is 0 Å². The van der Waals surface area contributed by atoms with Crippen LogP contribution in [0.15, 0.2) is 42.6 Å². The summed E-state index contributed by atoms with van der Waals surface area (Å²) in [5.41, 5.74) is -2.80. The largest absolute Gasteiger partial charge is 0.618 e. The van der Waals surface area contributed by atoms with E-state index in [9.17, 15) is 27.2 Å². The monoisotopic (exact) mass is 359 g/mol. The molecule has 3 heterocycles. The molecule has 0 radical (unpaired) electrons. The van der Waals surface area contributed by atoms with Crippen molar-refractivity contribution >= 4 is 0 Å². The van der Waals surface area contributed by atoms with Crippen LogP contribution in [0.4, 0.5) is 22.0 Å². The summed E-state index contributed by atoms with van der Waals surface area (Å²) in [6, 6.07) is 6.74. The van der Waals surface area contributed by atoms with Crippen LogP contribution in [0.25, 0.3) is 0 Å². The highest BCUT2D eigenvalue weighted by Crippen LogP contribution is 2.59. The Hall–Kier alpha value is -2.42. The molecule has 25 heavy (non-hydrogen) atoms. The highest BCUT2D eigenvalue weighted by Gasteiger charge is 2.72. The zero-order valence-electron chi connectivity index (χ0n) is 12.3. The Morgan fingerprint density at radius 2 is 1.92 bits per heavy atom. The van der Waals surface area contributed by atoms with Crippen molar-refractivity contribution in [3.8, 4) is 5.75 Å². The molecule has 0 bridgehead atoms. The fourth-order valence-electron chi connectivity index (χ4n) is 3.23. The molecule has 4 nitrogen and oxygen atoms in total. The number of ether oxygens (including phenoxy) is 2. The summed E-state index contributed by atoms with van der Waals surface area (Å²) in [4.78, 5) is 0. The van der Waals surface area contributed by atoms with Gasteiger partial charge in [0.05, 0.1) is 5.56 Å². The van der Waals surface area contributed by atoms with Gasteiger partial charge in [0.15, 0.2) is 12.3 Å². The molecule has 2 aromatic rings. The Labute approximate surface area is 138 Å². The Kier molecular flexibility index (Phi) is 3.24. The minimum absolute atomic E-state index is 0.0606. The van der Waals surface area contributed by atoms with Gasteiger partial charge in [-0.15, -0.1) is 0 Å². The van der Waals surface area contributed by atoms with Crippen molar-refractivity contribution in [2.45, 2.75) is 30.4 Å². The van der Waals surface area contributed by atoms with Crippen molar-refractivity contribution in [2.24, 2.45) is 0 Å². The number of rotatable bonds is 2. The molecule has 2 aliphatic heterocycles. The predicted molar refractivity (Wildman–Crippen MR) is 72.9 cm³/mol. The fraction of sp³-hybridized carbons (Fsp3) is 0.312. The van der Waals surface area contributed by atoms with E-state index in [0.717, 1.165) is 24.4 Å². The highest BCUT2D eigenvalue weighted by atomic mass is 19.4. The number of fused-ring (bicyclic) bond motifs is 3. The lowest BCUT2D eigenvalue weighted by Crippen LogP contribution is -2.44. The van der Waals surface area contributed by atoms with Gasteiger partial charge < -0.3 is 14.7 Å². The molecule has 9 heteroatoms. The van der Waals surface area contributed by atoms with Crippen LogP contribution in [-0.2, 0) is 16.5 Å². The van der Waals surface area contributed by atoms with E-state index in [-0.39, 0.29) is 17.0 Å². The van der Waals surface area contributed by atoms with Crippen molar-refractivity contribution in [2.75, 3.05) is 0 Å². The first kappa shape index (κ1) is 16.1. The molecule has 0 saturated carbocycles. The van der Waals surface area contributed by atoms with Gasteiger partial charge in [0.25, 0.3) is 6.43 Å². The van der Waals surface area contributed by atoms with Crippen LogP contribution < -0.4 is 9.47 Å². The lowest BCUT2D eigenvalue weighted by Gasteiger charge is -2.27. The lowest BCUT2D eigenvalue weighted by atomic mass is 9.85. The van der Waals surface area contributed by atoms with Crippen molar-refractivity contribution < 1.29 is 36.2 Å². The molecule has 1 aromatic carbocycles. The second-order valence-electron chi connectivity index (χ2n) is 5.81. The molecule has 3 unspecified atom stereocenters. The van der Waals surface area contributed by atoms with Gasteiger partial charge in [-0.25, -0.2) is 8.78 Å². The molecule has 2 aliphatic rings. The number of aromatic nitrogens is 1. The molecule has 0 spiro atoms. The molecule has 132 valence electrons. The maximum atomic E-state index is 13.3. The van der Waals surface area contributed by atoms with Crippen LogP contribution >= 0.6 is 0 Å². The maximum absolute atomic E-state index is 13.3. The van der Waals surface area contributed by atoms with E-state index in [4.69, 9.17) is 9.47 Å². The average molecular weight is 359 g/mol. The molecule has 0 amide bonds. The van der Waals surface area contributed by atoms with Crippen LogP contribution in [0, 0.1) is 5.21 Å². The molecule has 0 aliphatic carbocycles. The van der Waals surface area contributed by atoms with Crippen LogP contribution in [0.1, 0.15) is 16.8 Å². The van der Waals surface area contributed by atoms with Gasteiger partial charge in [-0.3, -0.25) is 0 Å². The van der Waals surface area contributed by atoms with E-state index in [1.54, 1.807) is 0 Å². The number of alkyl halides is 5. The maximum Gasteiger partial charge on any atom is 0.416 e. The molecule has 3 atom stereocenters. The third-order valence-electron chi connectivity index (χ3n) is 4.38. The smallest absolute Gasteiger partial charge is 0.416 e. The summed E-state index contributed by atoms with van der Waals surface area (Å²) in [6.07, 6.45) is -9.35. The minimum atomic E-state index is -4.63. The van der Waals surface area contributed by atoms with Gasteiger partial charge in [-0.05, 0) is 24.3 Å². The Bertz CT molecular complexity index is 841. The van der Waals surface area contributed by atoms with Gasteiger partial charge in [-0.2, -0.15) is 17.9 Å². The Morgan fingerprint density at radius 3 is 2.56 bits per heavy atom. The normalized spacial score (nSPS) is 27.4. The topological polar surface area (TPSA) is 48.7 Å². The van der Waals surface area contributed by atoms with E-state index in [1.165, 1.54) is 18.2 Å².